The average molecular weight is 184 g/mol. The lowest BCUT2D eigenvalue weighted by molar-refractivity contribution is 0.279. The number of rotatable bonds is 6. The Kier molecular flexibility index (Phi) is 5.60. The summed E-state index contributed by atoms with van der Waals surface area (Å²) in [6.45, 7) is 7.77. The van der Waals surface area contributed by atoms with Gasteiger partial charge in [-0.3, -0.25) is 0 Å². The van der Waals surface area contributed by atoms with Gasteiger partial charge in [0.1, 0.15) is 0 Å². The summed E-state index contributed by atoms with van der Waals surface area (Å²) in [5.41, 5.74) is 5.82. The number of nitrogens with zero attached hydrogens (tertiary/aromatic N) is 1. The summed E-state index contributed by atoms with van der Waals surface area (Å²) < 4.78 is 0. The van der Waals surface area contributed by atoms with Gasteiger partial charge in [-0.05, 0) is 30.7 Å². The van der Waals surface area contributed by atoms with E-state index >= 15 is 0 Å². The van der Waals surface area contributed by atoms with E-state index in [4.69, 9.17) is 5.73 Å². The van der Waals surface area contributed by atoms with E-state index in [1.54, 1.807) is 6.08 Å². The van der Waals surface area contributed by atoms with Crippen LogP contribution in [0.5, 0.6) is 0 Å². The molecular formula is C10H20N2O. The van der Waals surface area contributed by atoms with E-state index in [0.717, 1.165) is 12.8 Å². The molecule has 0 bridgehead atoms. The third kappa shape index (κ3) is 6.50. The van der Waals surface area contributed by atoms with Gasteiger partial charge < -0.3 is 5.73 Å². The van der Waals surface area contributed by atoms with Crippen LogP contribution >= 0.6 is 0 Å². The molecule has 0 aromatic heterocycles. The van der Waals surface area contributed by atoms with Gasteiger partial charge in [0.15, 0.2) is 0 Å². The molecule has 0 amide bonds. The van der Waals surface area contributed by atoms with E-state index in [9.17, 15) is 4.79 Å². The molecule has 3 nitrogen and oxygen atoms in total. The van der Waals surface area contributed by atoms with Gasteiger partial charge in [0, 0.05) is 0 Å². The third-order valence-electron chi connectivity index (χ3n) is 2.25. The van der Waals surface area contributed by atoms with Crippen LogP contribution in [0.1, 0.15) is 33.6 Å². The number of carbonyl (C=O) groups excluding carboxylic acids is 1. The van der Waals surface area contributed by atoms with Crippen LogP contribution in [-0.2, 0) is 4.79 Å². The quantitative estimate of drug-likeness (QED) is 0.505. The van der Waals surface area contributed by atoms with Crippen LogP contribution in [0.2, 0.25) is 0 Å². The second-order valence-electron chi connectivity index (χ2n) is 4.44. The van der Waals surface area contributed by atoms with Crippen LogP contribution in [0.4, 0.5) is 0 Å². The van der Waals surface area contributed by atoms with E-state index in [1.165, 1.54) is 0 Å². The van der Waals surface area contributed by atoms with Gasteiger partial charge in [0.25, 0.3) is 0 Å². The number of aliphatic imine (C=N–C) groups is 1. The van der Waals surface area contributed by atoms with Gasteiger partial charge in [-0.1, -0.05) is 20.8 Å². The van der Waals surface area contributed by atoms with E-state index in [2.05, 4.69) is 25.8 Å². The van der Waals surface area contributed by atoms with Crippen LogP contribution in [0.25, 0.3) is 0 Å². The zero-order valence-corrected chi connectivity index (χ0v) is 8.84. The molecule has 0 aliphatic carbocycles. The van der Waals surface area contributed by atoms with Crippen LogP contribution in [0.15, 0.2) is 4.99 Å². The largest absolute Gasteiger partial charge is 0.330 e. The Morgan fingerprint density at radius 1 is 1.54 bits per heavy atom. The third-order valence-corrected chi connectivity index (χ3v) is 2.25. The van der Waals surface area contributed by atoms with Crippen molar-refractivity contribution in [1.82, 2.24) is 0 Å². The van der Waals surface area contributed by atoms with Crippen LogP contribution in [0, 0.1) is 11.3 Å². The van der Waals surface area contributed by atoms with E-state index < -0.39 is 0 Å². The summed E-state index contributed by atoms with van der Waals surface area (Å²) in [6, 6.07) is 0. The molecule has 0 heterocycles. The van der Waals surface area contributed by atoms with Crippen molar-refractivity contribution >= 4 is 6.08 Å². The smallest absolute Gasteiger partial charge is 0.234 e. The molecule has 0 aliphatic heterocycles. The standard InChI is InChI=1S/C10H20N2O/c1-9(4-5-12-8-13)6-10(2,3)7-11/h9H,4-7,11H2,1-3H3. The van der Waals surface area contributed by atoms with Gasteiger partial charge in [0.05, 0.1) is 6.54 Å². The Morgan fingerprint density at radius 2 is 2.15 bits per heavy atom. The number of isocyanates is 1. The summed E-state index contributed by atoms with van der Waals surface area (Å²) in [4.78, 5) is 13.3. The second-order valence-corrected chi connectivity index (χ2v) is 4.44. The molecule has 3 heteroatoms. The highest BCUT2D eigenvalue weighted by Crippen LogP contribution is 2.25. The van der Waals surface area contributed by atoms with Crippen molar-refractivity contribution in [2.45, 2.75) is 33.6 Å². The Morgan fingerprint density at radius 3 is 2.62 bits per heavy atom. The lowest BCUT2D eigenvalue weighted by atomic mass is 9.82. The number of nitrogens with two attached hydrogens (primary N) is 1. The molecule has 0 aliphatic rings. The fraction of sp³-hybridized carbons (Fsp3) is 0.900. The lowest BCUT2D eigenvalue weighted by Crippen LogP contribution is -2.25. The number of hydrogen-bond donors (Lipinski definition) is 1. The van der Waals surface area contributed by atoms with E-state index in [0.29, 0.717) is 19.0 Å². The minimum Gasteiger partial charge on any atom is -0.330 e. The van der Waals surface area contributed by atoms with Crippen LogP contribution < -0.4 is 5.73 Å². The molecule has 0 aromatic rings. The molecule has 13 heavy (non-hydrogen) atoms. The van der Waals surface area contributed by atoms with Crippen molar-refractivity contribution in [3.05, 3.63) is 0 Å². The fourth-order valence-electron chi connectivity index (χ4n) is 1.46. The SMILES string of the molecule is CC(CCN=C=O)CC(C)(C)CN. The topological polar surface area (TPSA) is 55.5 Å². The molecule has 1 atom stereocenters. The van der Waals surface area contributed by atoms with Crippen molar-refractivity contribution in [2.24, 2.45) is 22.1 Å². The molecule has 0 fully saturated rings. The Labute approximate surface area is 80.4 Å². The van der Waals surface area contributed by atoms with E-state index in [-0.39, 0.29) is 5.41 Å². The summed E-state index contributed by atoms with van der Waals surface area (Å²) in [7, 11) is 0. The fourth-order valence-corrected chi connectivity index (χ4v) is 1.46. The number of hydrogen-bond acceptors (Lipinski definition) is 3. The van der Waals surface area contributed by atoms with Gasteiger partial charge in [-0.2, -0.15) is 0 Å². The molecule has 2 N–H and O–H groups in total. The normalized spacial score (nSPS) is 13.5. The summed E-state index contributed by atoms with van der Waals surface area (Å²) in [6.07, 6.45) is 3.57. The molecule has 1 unspecified atom stereocenters. The predicted molar refractivity (Wildman–Crippen MR) is 54.2 cm³/mol. The van der Waals surface area contributed by atoms with Gasteiger partial charge in [-0.15, -0.1) is 0 Å². The maximum Gasteiger partial charge on any atom is 0.234 e. The lowest BCUT2D eigenvalue weighted by Gasteiger charge is -2.25. The maximum atomic E-state index is 9.82. The van der Waals surface area contributed by atoms with Crippen LogP contribution in [-0.4, -0.2) is 19.2 Å². The molecule has 76 valence electrons. The van der Waals surface area contributed by atoms with Gasteiger partial charge in [-0.25, -0.2) is 9.79 Å². The van der Waals surface area contributed by atoms with Crippen molar-refractivity contribution in [1.29, 1.82) is 0 Å². The van der Waals surface area contributed by atoms with Gasteiger partial charge >= 0.3 is 0 Å². The highest BCUT2D eigenvalue weighted by atomic mass is 16.1. The first kappa shape index (κ1) is 12.3. The molecule has 0 rings (SSSR count). The van der Waals surface area contributed by atoms with Crippen molar-refractivity contribution in [3.8, 4) is 0 Å². The predicted octanol–water partition coefficient (Wildman–Crippen LogP) is 1.72. The molecule has 0 spiro atoms. The van der Waals surface area contributed by atoms with Crippen molar-refractivity contribution in [3.63, 3.8) is 0 Å². The summed E-state index contributed by atoms with van der Waals surface area (Å²) >= 11 is 0. The highest BCUT2D eigenvalue weighted by Gasteiger charge is 2.18. The molecule has 0 saturated carbocycles. The first-order valence-electron chi connectivity index (χ1n) is 4.75. The Bertz CT molecular complexity index is 183. The monoisotopic (exact) mass is 184 g/mol. The zero-order chi connectivity index (χ0) is 10.3. The van der Waals surface area contributed by atoms with Gasteiger partial charge in [0.2, 0.25) is 6.08 Å². The maximum absolute atomic E-state index is 9.82. The zero-order valence-electron chi connectivity index (χ0n) is 8.84. The Balaban J connectivity index is 3.73. The van der Waals surface area contributed by atoms with Crippen LogP contribution in [0.3, 0.4) is 0 Å². The second kappa shape index (κ2) is 5.90. The summed E-state index contributed by atoms with van der Waals surface area (Å²) in [5, 5.41) is 0. The average Bonchev–Trinajstić information content (AvgIpc) is 2.04. The first-order chi connectivity index (χ1) is 6.02. The molecular weight excluding hydrogens is 164 g/mol. The molecule has 0 aromatic carbocycles. The molecule has 0 saturated heterocycles. The summed E-state index contributed by atoms with van der Waals surface area (Å²) in [5.74, 6) is 0.565. The van der Waals surface area contributed by atoms with Crippen molar-refractivity contribution < 1.29 is 4.79 Å². The first-order valence-corrected chi connectivity index (χ1v) is 4.75. The minimum atomic E-state index is 0.199. The minimum absolute atomic E-state index is 0.199. The highest BCUT2D eigenvalue weighted by molar-refractivity contribution is 5.32. The van der Waals surface area contributed by atoms with E-state index in [1.807, 2.05) is 0 Å². The van der Waals surface area contributed by atoms with Crippen molar-refractivity contribution in [2.75, 3.05) is 13.1 Å². The molecule has 0 radical (unpaired) electrons. The Hall–Kier alpha value is -0.660.